The molecule has 5 heteroatoms. The quantitative estimate of drug-likeness (QED) is 0.782. The van der Waals surface area contributed by atoms with E-state index in [1.165, 1.54) is 18.2 Å². The number of hydrogen-bond acceptors (Lipinski definition) is 3. The smallest absolute Gasteiger partial charge is 0.134 e. The Hall–Kier alpha value is -2.69. The molecule has 2 aromatic carbocycles. The summed E-state index contributed by atoms with van der Waals surface area (Å²) >= 11 is 0. The fourth-order valence-corrected chi connectivity index (χ4v) is 2.40. The first kappa shape index (κ1) is 14.3. The number of aromatic nitrogens is 1. The fraction of sp³-hybridized carbons (Fsp3) is 0.118. The highest BCUT2D eigenvalue weighted by atomic mass is 19.1. The predicted octanol–water partition coefficient (Wildman–Crippen LogP) is 3.83. The fourth-order valence-electron chi connectivity index (χ4n) is 2.40. The van der Waals surface area contributed by atoms with E-state index in [1.54, 1.807) is 6.07 Å². The van der Waals surface area contributed by atoms with E-state index < -0.39 is 11.6 Å². The van der Waals surface area contributed by atoms with Crippen molar-refractivity contribution in [1.82, 2.24) is 4.98 Å². The van der Waals surface area contributed by atoms with Crippen molar-refractivity contribution in [2.75, 3.05) is 24.7 Å². The maximum Gasteiger partial charge on any atom is 0.134 e. The number of hydrogen-bond donors (Lipinski definition) is 1. The van der Waals surface area contributed by atoms with Gasteiger partial charge in [0.15, 0.2) is 0 Å². The summed E-state index contributed by atoms with van der Waals surface area (Å²) in [6, 6.07) is 11.1. The van der Waals surface area contributed by atoms with E-state index in [4.69, 9.17) is 5.73 Å². The van der Waals surface area contributed by atoms with Crippen LogP contribution in [0.4, 0.5) is 20.3 Å². The summed E-state index contributed by atoms with van der Waals surface area (Å²) in [4.78, 5) is 6.24. The summed E-state index contributed by atoms with van der Waals surface area (Å²) in [6.07, 6.45) is 0. The van der Waals surface area contributed by atoms with Crippen molar-refractivity contribution in [1.29, 1.82) is 0 Å². The second kappa shape index (κ2) is 5.26. The molecule has 0 saturated carbocycles. The van der Waals surface area contributed by atoms with Crippen LogP contribution < -0.4 is 10.6 Å². The lowest BCUT2D eigenvalue weighted by Crippen LogP contribution is -2.08. The number of fused-ring (bicyclic) bond motifs is 1. The third-order valence-electron chi connectivity index (χ3n) is 3.58. The van der Waals surface area contributed by atoms with Crippen molar-refractivity contribution in [3.8, 4) is 11.1 Å². The Bertz CT molecular complexity index is 840. The van der Waals surface area contributed by atoms with Crippen LogP contribution in [0.25, 0.3) is 22.0 Å². The second-order valence-corrected chi connectivity index (χ2v) is 5.29. The van der Waals surface area contributed by atoms with Gasteiger partial charge in [-0.2, -0.15) is 0 Å². The Balaban J connectivity index is 2.24. The molecule has 0 radical (unpaired) electrons. The van der Waals surface area contributed by atoms with E-state index in [1.807, 2.05) is 37.2 Å². The lowest BCUT2D eigenvalue weighted by atomic mass is 10.0. The first-order valence-electron chi connectivity index (χ1n) is 6.79. The molecule has 0 amide bonds. The molecule has 22 heavy (non-hydrogen) atoms. The number of rotatable bonds is 2. The molecule has 112 valence electrons. The molecule has 0 bridgehead atoms. The van der Waals surface area contributed by atoms with Crippen molar-refractivity contribution in [3.05, 3.63) is 54.1 Å². The Morgan fingerprint density at radius 3 is 2.32 bits per heavy atom. The number of nitrogens with zero attached hydrogens (tertiary/aromatic N) is 2. The third-order valence-corrected chi connectivity index (χ3v) is 3.58. The van der Waals surface area contributed by atoms with Gasteiger partial charge in [0.25, 0.3) is 0 Å². The van der Waals surface area contributed by atoms with Crippen molar-refractivity contribution in [3.63, 3.8) is 0 Å². The van der Waals surface area contributed by atoms with Gasteiger partial charge in [0.2, 0.25) is 0 Å². The molecule has 3 aromatic rings. The SMILES string of the molecule is CN(C)c1ccc2cc(-c3c(F)cccc3F)c(N)nc2c1. The van der Waals surface area contributed by atoms with Crippen LogP contribution in [-0.2, 0) is 0 Å². The van der Waals surface area contributed by atoms with Crippen molar-refractivity contribution in [2.45, 2.75) is 0 Å². The van der Waals surface area contributed by atoms with Crippen molar-refractivity contribution >= 4 is 22.4 Å². The van der Waals surface area contributed by atoms with E-state index in [2.05, 4.69) is 4.98 Å². The average molecular weight is 299 g/mol. The van der Waals surface area contributed by atoms with Gasteiger partial charge < -0.3 is 10.6 Å². The predicted molar refractivity (Wildman–Crippen MR) is 85.8 cm³/mol. The first-order chi connectivity index (χ1) is 10.5. The summed E-state index contributed by atoms with van der Waals surface area (Å²) in [5.41, 5.74) is 7.70. The highest BCUT2D eigenvalue weighted by Crippen LogP contribution is 2.33. The number of pyridine rings is 1. The molecule has 0 spiro atoms. The number of halogens is 2. The zero-order valence-electron chi connectivity index (χ0n) is 12.3. The van der Waals surface area contributed by atoms with Gasteiger partial charge in [-0.15, -0.1) is 0 Å². The van der Waals surface area contributed by atoms with Gasteiger partial charge in [0, 0.05) is 30.7 Å². The highest BCUT2D eigenvalue weighted by molar-refractivity contribution is 5.90. The summed E-state index contributed by atoms with van der Waals surface area (Å²) in [7, 11) is 3.85. The zero-order chi connectivity index (χ0) is 15.9. The van der Waals surface area contributed by atoms with Crippen LogP contribution in [0.1, 0.15) is 0 Å². The normalized spacial score (nSPS) is 10.9. The summed E-state index contributed by atoms with van der Waals surface area (Å²) in [5, 5.41) is 0.775. The molecule has 0 atom stereocenters. The standard InChI is InChI=1S/C17H15F2N3/c1-22(2)11-7-6-10-8-12(17(20)21-15(10)9-11)16-13(18)4-3-5-14(16)19/h3-9H,1-2H3,(H2,20,21). The van der Waals surface area contributed by atoms with Gasteiger partial charge in [-0.1, -0.05) is 12.1 Å². The van der Waals surface area contributed by atoms with Gasteiger partial charge in [-0.3, -0.25) is 0 Å². The number of anilines is 2. The summed E-state index contributed by atoms with van der Waals surface area (Å²) in [6.45, 7) is 0. The lowest BCUT2D eigenvalue weighted by Gasteiger charge is -2.14. The summed E-state index contributed by atoms with van der Waals surface area (Å²) in [5.74, 6) is -1.21. The van der Waals surface area contributed by atoms with E-state index in [0.29, 0.717) is 5.52 Å². The van der Waals surface area contributed by atoms with Gasteiger partial charge in [0.05, 0.1) is 11.1 Å². The Labute approximate surface area is 127 Å². The van der Waals surface area contributed by atoms with Gasteiger partial charge in [0.1, 0.15) is 17.5 Å². The molecular formula is C17H15F2N3. The monoisotopic (exact) mass is 299 g/mol. The van der Waals surface area contributed by atoms with Gasteiger partial charge >= 0.3 is 0 Å². The van der Waals surface area contributed by atoms with Crippen LogP contribution in [0.3, 0.4) is 0 Å². The minimum Gasteiger partial charge on any atom is -0.383 e. The van der Waals surface area contributed by atoms with Crippen LogP contribution in [0.5, 0.6) is 0 Å². The van der Waals surface area contributed by atoms with E-state index in [9.17, 15) is 8.78 Å². The van der Waals surface area contributed by atoms with Crippen LogP contribution in [0.2, 0.25) is 0 Å². The molecule has 2 N–H and O–H groups in total. The van der Waals surface area contributed by atoms with Crippen LogP contribution >= 0.6 is 0 Å². The maximum atomic E-state index is 14.0. The topological polar surface area (TPSA) is 42.1 Å². The van der Waals surface area contributed by atoms with Crippen molar-refractivity contribution in [2.24, 2.45) is 0 Å². The number of nitrogen functional groups attached to an aromatic ring is 1. The van der Waals surface area contributed by atoms with Crippen LogP contribution in [0.15, 0.2) is 42.5 Å². The van der Waals surface area contributed by atoms with Crippen molar-refractivity contribution < 1.29 is 8.78 Å². The highest BCUT2D eigenvalue weighted by Gasteiger charge is 2.15. The minimum absolute atomic E-state index is 0.104. The molecule has 0 unspecified atom stereocenters. The number of benzene rings is 2. The molecule has 3 rings (SSSR count). The average Bonchev–Trinajstić information content (AvgIpc) is 2.46. The first-order valence-corrected chi connectivity index (χ1v) is 6.79. The summed E-state index contributed by atoms with van der Waals surface area (Å²) < 4.78 is 27.9. The molecule has 0 aliphatic rings. The van der Waals surface area contributed by atoms with E-state index in [0.717, 1.165) is 11.1 Å². The molecule has 0 saturated heterocycles. The second-order valence-electron chi connectivity index (χ2n) is 5.29. The largest absolute Gasteiger partial charge is 0.383 e. The molecule has 1 aromatic heterocycles. The molecule has 0 fully saturated rings. The molecule has 0 aliphatic carbocycles. The van der Waals surface area contributed by atoms with E-state index in [-0.39, 0.29) is 16.9 Å². The van der Waals surface area contributed by atoms with Crippen LogP contribution in [-0.4, -0.2) is 19.1 Å². The molecule has 0 aliphatic heterocycles. The van der Waals surface area contributed by atoms with Crippen LogP contribution in [0, 0.1) is 11.6 Å². The molecule has 1 heterocycles. The Morgan fingerprint density at radius 2 is 1.68 bits per heavy atom. The lowest BCUT2D eigenvalue weighted by molar-refractivity contribution is 0.589. The minimum atomic E-state index is -0.655. The Kier molecular flexibility index (Phi) is 3.41. The molecule has 3 nitrogen and oxygen atoms in total. The number of nitrogens with two attached hydrogens (primary N) is 1. The molecular weight excluding hydrogens is 284 g/mol. The Morgan fingerprint density at radius 1 is 1.00 bits per heavy atom. The zero-order valence-corrected chi connectivity index (χ0v) is 12.3. The third kappa shape index (κ3) is 2.35. The van der Waals surface area contributed by atoms with E-state index >= 15 is 0 Å². The maximum absolute atomic E-state index is 14.0. The van der Waals surface area contributed by atoms with Gasteiger partial charge in [-0.05, 0) is 30.3 Å². The van der Waals surface area contributed by atoms with Gasteiger partial charge in [-0.25, -0.2) is 13.8 Å².